The van der Waals surface area contributed by atoms with Gasteiger partial charge in [-0.05, 0) is 30.5 Å². The first-order valence-corrected chi connectivity index (χ1v) is 9.78. The molecule has 1 atom stereocenters. The molecular formula is C16H21N5O2S. The highest BCUT2D eigenvalue weighted by molar-refractivity contribution is 7.91. The molecule has 0 saturated carbocycles. The van der Waals surface area contributed by atoms with Crippen molar-refractivity contribution in [2.24, 2.45) is 0 Å². The van der Waals surface area contributed by atoms with Crippen LogP contribution in [0.5, 0.6) is 0 Å². The molecule has 2 heterocycles. The van der Waals surface area contributed by atoms with Gasteiger partial charge in [0.05, 0.1) is 17.7 Å². The van der Waals surface area contributed by atoms with E-state index in [0.717, 1.165) is 12.1 Å². The highest BCUT2D eigenvalue weighted by Gasteiger charge is 2.31. The number of anilines is 3. The largest absolute Gasteiger partial charge is 0.339 e. The molecule has 1 aliphatic rings. The van der Waals surface area contributed by atoms with Crippen LogP contribution < -0.4 is 10.2 Å². The van der Waals surface area contributed by atoms with Crippen LogP contribution in [0.4, 0.5) is 17.5 Å². The molecule has 1 saturated heterocycles. The predicted octanol–water partition coefficient (Wildman–Crippen LogP) is 1.80. The van der Waals surface area contributed by atoms with Gasteiger partial charge in [-0.2, -0.15) is 10.1 Å². The molecule has 1 aromatic carbocycles. The fourth-order valence-corrected chi connectivity index (χ4v) is 4.49. The van der Waals surface area contributed by atoms with Crippen molar-refractivity contribution in [1.29, 1.82) is 0 Å². The van der Waals surface area contributed by atoms with Crippen LogP contribution in [0.3, 0.4) is 0 Å². The Morgan fingerprint density at radius 2 is 2.04 bits per heavy atom. The van der Waals surface area contributed by atoms with Crippen molar-refractivity contribution in [3.63, 3.8) is 0 Å². The van der Waals surface area contributed by atoms with E-state index < -0.39 is 9.84 Å². The molecule has 24 heavy (non-hydrogen) atoms. The van der Waals surface area contributed by atoms with E-state index in [1.165, 1.54) is 5.56 Å². The molecular weight excluding hydrogens is 326 g/mol. The number of aryl methyl sites for hydroxylation is 1. The molecule has 2 aromatic rings. The van der Waals surface area contributed by atoms with Crippen molar-refractivity contribution in [2.75, 3.05) is 28.8 Å². The second-order valence-corrected chi connectivity index (χ2v) is 8.21. The molecule has 0 spiro atoms. The third-order valence-corrected chi connectivity index (χ3v) is 6.00. The maximum Gasteiger partial charge on any atom is 0.247 e. The van der Waals surface area contributed by atoms with Gasteiger partial charge in [-0.1, -0.05) is 19.1 Å². The molecule has 3 rings (SSSR count). The highest BCUT2D eigenvalue weighted by atomic mass is 32.2. The van der Waals surface area contributed by atoms with Gasteiger partial charge in [0.25, 0.3) is 0 Å². The van der Waals surface area contributed by atoms with E-state index in [9.17, 15) is 8.42 Å². The van der Waals surface area contributed by atoms with Crippen LogP contribution in [0.15, 0.2) is 30.5 Å². The summed E-state index contributed by atoms with van der Waals surface area (Å²) in [5, 5.41) is 11.2. The number of nitrogens with zero attached hydrogens (tertiary/aromatic N) is 4. The summed E-state index contributed by atoms with van der Waals surface area (Å²) in [6.07, 6.45) is 3.14. The number of aromatic nitrogens is 3. The van der Waals surface area contributed by atoms with Crippen LogP contribution in [0.25, 0.3) is 0 Å². The normalized spacial score (nSPS) is 19.2. The SMILES string of the molecule is CCc1ccc(Nc2cnnc(N(C)C3CCS(=O)(=O)C3)n2)cc1. The van der Waals surface area contributed by atoms with Crippen molar-refractivity contribution in [3.05, 3.63) is 36.0 Å². The number of hydrogen-bond acceptors (Lipinski definition) is 7. The third kappa shape index (κ3) is 3.81. The first-order valence-electron chi connectivity index (χ1n) is 7.96. The van der Waals surface area contributed by atoms with Crippen molar-refractivity contribution in [3.8, 4) is 0 Å². The lowest BCUT2D eigenvalue weighted by Crippen LogP contribution is -2.34. The molecule has 1 N–H and O–H groups in total. The average molecular weight is 347 g/mol. The summed E-state index contributed by atoms with van der Waals surface area (Å²) in [5.41, 5.74) is 2.19. The van der Waals surface area contributed by atoms with Gasteiger partial charge in [-0.25, -0.2) is 8.42 Å². The molecule has 0 amide bonds. The Morgan fingerprint density at radius 1 is 1.29 bits per heavy atom. The molecule has 1 aromatic heterocycles. The maximum atomic E-state index is 11.6. The van der Waals surface area contributed by atoms with E-state index >= 15 is 0 Å². The van der Waals surface area contributed by atoms with Crippen molar-refractivity contribution in [2.45, 2.75) is 25.8 Å². The van der Waals surface area contributed by atoms with Gasteiger partial charge in [-0.15, -0.1) is 5.10 Å². The van der Waals surface area contributed by atoms with Gasteiger partial charge in [-0.3, -0.25) is 0 Å². The Hall–Kier alpha value is -2.22. The lowest BCUT2D eigenvalue weighted by atomic mass is 10.1. The molecule has 128 valence electrons. The summed E-state index contributed by atoms with van der Waals surface area (Å²) in [4.78, 5) is 6.24. The molecule has 8 heteroatoms. The lowest BCUT2D eigenvalue weighted by molar-refractivity contribution is 0.600. The van der Waals surface area contributed by atoms with Gasteiger partial charge in [0.2, 0.25) is 5.95 Å². The lowest BCUT2D eigenvalue weighted by Gasteiger charge is -2.22. The summed E-state index contributed by atoms with van der Waals surface area (Å²) in [6, 6.07) is 8.01. The van der Waals surface area contributed by atoms with Gasteiger partial charge < -0.3 is 10.2 Å². The molecule has 0 aliphatic carbocycles. The Balaban J connectivity index is 1.73. The quantitative estimate of drug-likeness (QED) is 0.882. The van der Waals surface area contributed by atoms with E-state index in [1.54, 1.807) is 11.1 Å². The van der Waals surface area contributed by atoms with E-state index in [1.807, 2.05) is 19.2 Å². The zero-order chi connectivity index (χ0) is 17.2. The number of nitrogens with one attached hydrogen (secondary N) is 1. The summed E-state index contributed by atoms with van der Waals surface area (Å²) in [7, 11) is -1.14. The minimum absolute atomic E-state index is 0.101. The van der Waals surface area contributed by atoms with Gasteiger partial charge >= 0.3 is 0 Å². The topological polar surface area (TPSA) is 88.1 Å². The Morgan fingerprint density at radius 3 is 2.67 bits per heavy atom. The Kier molecular flexibility index (Phi) is 4.66. The minimum atomic E-state index is -2.95. The summed E-state index contributed by atoms with van der Waals surface area (Å²) in [5.74, 6) is 1.37. The van der Waals surface area contributed by atoms with E-state index in [2.05, 4.69) is 39.6 Å². The minimum Gasteiger partial charge on any atom is -0.339 e. The number of benzene rings is 1. The second kappa shape index (κ2) is 6.72. The fraction of sp³-hybridized carbons (Fsp3) is 0.438. The van der Waals surface area contributed by atoms with Crippen LogP contribution in [-0.4, -0.2) is 48.2 Å². The van der Waals surface area contributed by atoms with E-state index in [-0.39, 0.29) is 17.5 Å². The van der Waals surface area contributed by atoms with Gasteiger partial charge in [0.15, 0.2) is 15.7 Å². The number of sulfone groups is 1. The van der Waals surface area contributed by atoms with Crippen molar-refractivity contribution in [1.82, 2.24) is 15.2 Å². The second-order valence-electron chi connectivity index (χ2n) is 5.98. The van der Waals surface area contributed by atoms with Crippen LogP contribution >= 0.6 is 0 Å². The highest BCUT2D eigenvalue weighted by Crippen LogP contribution is 2.21. The predicted molar refractivity (Wildman–Crippen MR) is 94.4 cm³/mol. The van der Waals surface area contributed by atoms with Crippen LogP contribution in [-0.2, 0) is 16.3 Å². The number of rotatable bonds is 5. The van der Waals surface area contributed by atoms with Crippen molar-refractivity contribution >= 4 is 27.3 Å². The zero-order valence-corrected chi connectivity index (χ0v) is 14.6. The zero-order valence-electron chi connectivity index (χ0n) is 13.8. The molecule has 1 aliphatic heterocycles. The fourth-order valence-electron chi connectivity index (χ4n) is 2.72. The first-order chi connectivity index (χ1) is 11.5. The van der Waals surface area contributed by atoms with Crippen LogP contribution in [0.1, 0.15) is 18.9 Å². The smallest absolute Gasteiger partial charge is 0.247 e. The van der Waals surface area contributed by atoms with Gasteiger partial charge in [0.1, 0.15) is 0 Å². The van der Waals surface area contributed by atoms with E-state index in [0.29, 0.717) is 18.2 Å². The van der Waals surface area contributed by atoms with Crippen LogP contribution in [0.2, 0.25) is 0 Å². The third-order valence-electron chi connectivity index (χ3n) is 4.25. The molecule has 0 bridgehead atoms. The first kappa shape index (κ1) is 16.6. The summed E-state index contributed by atoms with van der Waals surface area (Å²) < 4.78 is 23.3. The molecule has 7 nitrogen and oxygen atoms in total. The number of hydrogen-bond donors (Lipinski definition) is 1. The Bertz CT molecular complexity index is 807. The van der Waals surface area contributed by atoms with E-state index in [4.69, 9.17) is 0 Å². The maximum absolute atomic E-state index is 11.6. The molecule has 1 unspecified atom stereocenters. The monoisotopic (exact) mass is 347 g/mol. The standard InChI is InChI=1S/C16H21N5O2S/c1-3-12-4-6-13(7-5-12)18-15-10-17-20-16(19-15)21(2)14-8-9-24(22,23)11-14/h4-7,10,14H,3,8-9,11H2,1-2H3,(H,18,19,20). The average Bonchev–Trinajstić information content (AvgIpc) is 2.95. The summed E-state index contributed by atoms with van der Waals surface area (Å²) in [6.45, 7) is 2.11. The van der Waals surface area contributed by atoms with Gasteiger partial charge in [0, 0.05) is 18.8 Å². The molecule has 1 fully saturated rings. The summed E-state index contributed by atoms with van der Waals surface area (Å²) >= 11 is 0. The Labute approximate surface area is 142 Å². The van der Waals surface area contributed by atoms with Crippen LogP contribution in [0, 0.1) is 0 Å². The molecule has 0 radical (unpaired) electrons. The van der Waals surface area contributed by atoms with Crippen molar-refractivity contribution < 1.29 is 8.42 Å².